The minimum Gasteiger partial charge on any atom is -0.480 e. The van der Waals surface area contributed by atoms with Gasteiger partial charge in [-0.2, -0.15) is 0 Å². The molecule has 0 aliphatic rings. The molecule has 3 aromatic rings. The van der Waals surface area contributed by atoms with Crippen LogP contribution in [0.5, 0.6) is 0 Å². The van der Waals surface area contributed by atoms with Crippen molar-refractivity contribution >= 4 is 28.9 Å². The summed E-state index contributed by atoms with van der Waals surface area (Å²) in [6.45, 7) is -0.459. The molecule has 2 aromatic heterocycles. The number of carbonyl (C=O) groups excluding carboxylic acids is 1. The number of amides is 1. The lowest BCUT2D eigenvalue weighted by molar-refractivity contribution is -0.137. The topological polar surface area (TPSA) is 88.4 Å². The summed E-state index contributed by atoms with van der Waals surface area (Å²) >= 11 is 1.36. The number of hydrogen-bond acceptors (Lipinski definition) is 4. The number of aliphatic carboxylic acids is 1. The molecule has 0 aliphatic heterocycles. The maximum absolute atomic E-state index is 12.4. The molecular formula is C18H14N2O4S. The van der Waals surface area contributed by atoms with Gasteiger partial charge in [-0.25, -0.2) is 0 Å². The molecule has 2 heterocycles. The van der Waals surface area contributed by atoms with Crippen molar-refractivity contribution in [2.45, 2.75) is 6.54 Å². The summed E-state index contributed by atoms with van der Waals surface area (Å²) in [6, 6.07) is 16.0. The number of thiophene rings is 1. The third-order valence-corrected chi connectivity index (χ3v) is 4.57. The maximum atomic E-state index is 12.4. The summed E-state index contributed by atoms with van der Waals surface area (Å²) in [6.07, 6.45) is 1.32. The number of rotatable bonds is 5. The lowest BCUT2D eigenvalue weighted by Crippen LogP contribution is -2.23. The molecule has 1 amide bonds. The smallest absolute Gasteiger partial charge is 0.323 e. The lowest BCUT2D eigenvalue weighted by Gasteiger charge is -2.07. The zero-order valence-electron chi connectivity index (χ0n) is 13.0. The number of carboxylic acids is 1. The largest absolute Gasteiger partial charge is 0.480 e. The van der Waals surface area contributed by atoms with Gasteiger partial charge in [-0.3, -0.25) is 14.4 Å². The molecule has 0 bridgehead atoms. The minimum atomic E-state index is -1.13. The van der Waals surface area contributed by atoms with Gasteiger partial charge in [0.2, 0.25) is 0 Å². The predicted octanol–water partition coefficient (Wildman–Crippen LogP) is 2.91. The molecule has 0 unspecified atom stereocenters. The highest BCUT2D eigenvalue weighted by atomic mass is 32.1. The van der Waals surface area contributed by atoms with Crippen molar-refractivity contribution in [2.24, 2.45) is 0 Å². The van der Waals surface area contributed by atoms with Gasteiger partial charge in [-0.05, 0) is 23.8 Å². The van der Waals surface area contributed by atoms with Crippen LogP contribution >= 0.6 is 11.3 Å². The fraction of sp³-hybridized carbons (Fsp3) is 0.0556. The van der Waals surface area contributed by atoms with Gasteiger partial charge in [-0.1, -0.05) is 30.3 Å². The quantitative estimate of drug-likeness (QED) is 0.737. The molecule has 0 saturated heterocycles. The van der Waals surface area contributed by atoms with Crippen molar-refractivity contribution in [1.29, 1.82) is 0 Å². The Labute approximate surface area is 147 Å². The van der Waals surface area contributed by atoms with Gasteiger partial charge in [0.1, 0.15) is 6.54 Å². The summed E-state index contributed by atoms with van der Waals surface area (Å²) in [7, 11) is 0. The summed E-state index contributed by atoms with van der Waals surface area (Å²) in [4.78, 5) is 36.2. The summed E-state index contributed by atoms with van der Waals surface area (Å²) in [5, 5.41) is 11.5. The number of aromatic nitrogens is 1. The molecule has 126 valence electrons. The van der Waals surface area contributed by atoms with Crippen molar-refractivity contribution < 1.29 is 14.7 Å². The monoisotopic (exact) mass is 354 g/mol. The van der Waals surface area contributed by atoms with E-state index in [-0.39, 0.29) is 5.91 Å². The first-order valence-corrected chi connectivity index (χ1v) is 8.23. The standard InChI is InChI=1S/C18H14N2O4S/c21-16-9-6-13(10-20(16)11-17(22)23)19-18(24)15-8-7-14(25-15)12-4-2-1-3-5-12/h1-10H,11H2,(H,19,24)(H,22,23). The van der Waals surface area contributed by atoms with E-state index in [1.165, 1.54) is 29.7 Å². The van der Waals surface area contributed by atoms with Crippen LogP contribution in [-0.4, -0.2) is 21.6 Å². The SMILES string of the molecule is O=C(O)Cn1cc(NC(=O)c2ccc(-c3ccccc3)s2)ccc1=O. The number of anilines is 1. The first-order valence-electron chi connectivity index (χ1n) is 7.42. The first kappa shape index (κ1) is 16.7. The van der Waals surface area contributed by atoms with E-state index in [4.69, 9.17) is 5.11 Å². The maximum Gasteiger partial charge on any atom is 0.323 e. The molecule has 2 N–H and O–H groups in total. The summed E-state index contributed by atoms with van der Waals surface area (Å²) in [5.74, 6) is -1.44. The van der Waals surface area contributed by atoms with Crippen LogP contribution in [0.15, 0.2) is 65.6 Å². The van der Waals surface area contributed by atoms with E-state index in [0.717, 1.165) is 15.0 Å². The molecule has 0 atom stereocenters. The van der Waals surface area contributed by atoms with E-state index in [1.807, 2.05) is 36.4 Å². The number of carbonyl (C=O) groups is 2. The lowest BCUT2D eigenvalue weighted by atomic mass is 10.2. The molecule has 0 radical (unpaired) electrons. The Morgan fingerprint density at radius 1 is 1.04 bits per heavy atom. The second kappa shape index (κ2) is 7.14. The number of pyridine rings is 1. The number of nitrogens with zero attached hydrogens (tertiary/aromatic N) is 1. The Balaban J connectivity index is 1.78. The van der Waals surface area contributed by atoms with Crippen LogP contribution < -0.4 is 10.9 Å². The molecule has 0 saturated carbocycles. The van der Waals surface area contributed by atoms with Crippen molar-refractivity contribution in [1.82, 2.24) is 4.57 Å². The molecule has 0 aliphatic carbocycles. The zero-order valence-corrected chi connectivity index (χ0v) is 13.8. The number of benzene rings is 1. The van der Waals surface area contributed by atoms with Gasteiger partial charge >= 0.3 is 5.97 Å². The Morgan fingerprint density at radius 2 is 1.80 bits per heavy atom. The first-order chi connectivity index (χ1) is 12.0. The molecule has 3 rings (SSSR count). The zero-order chi connectivity index (χ0) is 17.8. The second-order valence-electron chi connectivity index (χ2n) is 5.26. The van der Waals surface area contributed by atoms with E-state index in [1.54, 1.807) is 6.07 Å². The number of carboxylic acid groups (broad SMARTS) is 1. The number of hydrogen-bond donors (Lipinski definition) is 2. The fourth-order valence-corrected chi connectivity index (χ4v) is 3.19. The van der Waals surface area contributed by atoms with Crippen LogP contribution in [0, 0.1) is 0 Å². The van der Waals surface area contributed by atoms with Gasteiger partial charge in [-0.15, -0.1) is 11.3 Å². The molecule has 0 fully saturated rings. The highest BCUT2D eigenvalue weighted by Crippen LogP contribution is 2.28. The van der Waals surface area contributed by atoms with Gasteiger partial charge in [0.25, 0.3) is 11.5 Å². The third kappa shape index (κ3) is 4.02. The third-order valence-electron chi connectivity index (χ3n) is 3.44. The average Bonchev–Trinajstić information content (AvgIpc) is 3.08. The van der Waals surface area contributed by atoms with Gasteiger partial charge in [0, 0.05) is 17.1 Å². The van der Waals surface area contributed by atoms with Gasteiger partial charge < -0.3 is 15.0 Å². The van der Waals surface area contributed by atoms with E-state index < -0.39 is 18.1 Å². The Morgan fingerprint density at radius 3 is 2.52 bits per heavy atom. The predicted molar refractivity (Wildman–Crippen MR) is 96.0 cm³/mol. The average molecular weight is 354 g/mol. The van der Waals surface area contributed by atoms with Crippen molar-refractivity contribution in [2.75, 3.05) is 5.32 Å². The van der Waals surface area contributed by atoms with Crippen LogP contribution in [0.1, 0.15) is 9.67 Å². The molecular weight excluding hydrogens is 340 g/mol. The van der Waals surface area contributed by atoms with Crippen LogP contribution in [0.25, 0.3) is 10.4 Å². The normalized spacial score (nSPS) is 10.4. The van der Waals surface area contributed by atoms with E-state index in [9.17, 15) is 14.4 Å². The van der Waals surface area contributed by atoms with Crippen molar-refractivity contribution in [3.63, 3.8) is 0 Å². The molecule has 25 heavy (non-hydrogen) atoms. The Hall–Kier alpha value is -3.19. The van der Waals surface area contributed by atoms with Gasteiger partial charge in [0.05, 0.1) is 10.6 Å². The van der Waals surface area contributed by atoms with E-state index in [0.29, 0.717) is 10.6 Å². The van der Waals surface area contributed by atoms with E-state index in [2.05, 4.69) is 5.32 Å². The highest BCUT2D eigenvalue weighted by molar-refractivity contribution is 7.17. The van der Waals surface area contributed by atoms with Gasteiger partial charge in [0.15, 0.2) is 0 Å². The molecule has 0 spiro atoms. The van der Waals surface area contributed by atoms with Crippen molar-refractivity contribution in [3.05, 3.63) is 76.0 Å². The van der Waals surface area contributed by atoms with Crippen LogP contribution in [0.3, 0.4) is 0 Å². The minimum absolute atomic E-state index is 0.312. The fourth-order valence-electron chi connectivity index (χ4n) is 2.28. The second-order valence-corrected chi connectivity index (χ2v) is 6.35. The Bertz CT molecular complexity index is 976. The van der Waals surface area contributed by atoms with Crippen LogP contribution in [0.4, 0.5) is 5.69 Å². The van der Waals surface area contributed by atoms with Crippen molar-refractivity contribution in [3.8, 4) is 10.4 Å². The summed E-state index contributed by atoms with van der Waals surface area (Å²) < 4.78 is 1.03. The molecule has 7 heteroatoms. The molecule has 6 nitrogen and oxygen atoms in total. The van der Waals surface area contributed by atoms with Crippen LogP contribution in [-0.2, 0) is 11.3 Å². The summed E-state index contributed by atoms with van der Waals surface area (Å²) in [5.41, 5.74) is 0.949. The Kier molecular flexibility index (Phi) is 4.76. The van der Waals surface area contributed by atoms with Crippen LogP contribution in [0.2, 0.25) is 0 Å². The molecule has 1 aromatic carbocycles. The van der Waals surface area contributed by atoms with E-state index >= 15 is 0 Å². The number of nitrogens with one attached hydrogen (secondary N) is 1. The highest BCUT2D eigenvalue weighted by Gasteiger charge is 2.11.